The Morgan fingerprint density at radius 1 is 1.39 bits per heavy atom. The van der Waals surface area contributed by atoms with E-state index in [0.29, 0.717) is 5.69 Å². The van der Waals surface area contributed by atoms with E-state index in [1.165, 1.54) is 0 Å². The summed E-state index contributed by atoms with van der Waals surface area (Å²) in [5, 5.41) is 17.0. The predicted molar refractivity (Wildman–Crippen MR) is 63.3 cm³/mol. The van der Waals surface area contributed by atoms with E-state index in [0.717, 1.165) is 16.5 Å². The summed E-state index contributed by atoms with van der Waals surface area (Å²) in [6, 6.07) is 7.68. The molecule has 6 heteroatoms. The van der Waals surface area contributed by atoms with Gasteiger partial charge in [-0.2, -0.15) is 0 Å². The smallest absolute Gasteiger partial charge is 0.360 e. The summed E-state index contributed by atoms with van der Waals surface area (Å²) in [5.41, 5.74) is 2.62. The van der Waals surface area contributed by atoms with Crippen LogP contribution in [0.5, 0.6) is 0 Å². The van der Waals surface area contributed by atoms with Crippen molar-refractivity contribution in [2.75, 3.05) is 0 Å². The van der Waals surface area contributed by atoms with Gasteiger partial charge >= 0.3 is 5.97 Å². The van der Waals surface area contributed by atoms with Crippen LogP contribution in [-0.2, 0) is 0 Å². The van der Waals surface area contributed by atoms with E-state index in [-0.39, 0.29) is 11.4 Å². The van der Waals surface area contributed by atoms with Gasteiger partial charge in [0.25, 0.3) is 0 Å². The Labute approximate surface area is 101 Å². The molecular formula is C12H9N3O3. The Morgan fingerprint density at radius 2 is 2.22 bits per heavy atom. The first-order valence-corrected chi connectivity index (χ1v) is 5.31. The average molecular weight is 243 g/mol. The lowest BCUT2D eigenvalue weighted by molar-refractivity contribution is 0.0685. The molecule has 2 heterocycles. The second kappa shape index (κ2) is 3.69. The standard InChI is InChI=1S/C12H9N3O3/c1-6-3-2-4-7-5-8(13-9(6)7)10-11(12(16)17)15-18-14-10/h2-5,13H,1H3,(H,16,17). The molecule has 6 nitrogen and oxygen atoms in total. The topological polar surface area (TPSA) is 92.0 Å². The number of aromatic amines is 1. The third kappa shape index (κ3) is 1.46. The number of benzene rings is 1. The number of nitrogens with zero attached hydrogens (tertiary/aromatic N) is 2. The lowest BCUT2D eigenvalue weighted by Gasteiger charge is -1.93. The highest BCUT2D eigenvalue weighted by Crippen LogP contribution is 2.26. The van der Waals surface area contributed by atoms with Gasteiger partial charge in [-0.05, 0) is 28.9 Å². The van der Waals surface area contributed by atoms with Crippen LogP contribution in [0.3, 0.4) is 0 Å². The van der Waals surface area contributed by atoms with Crippen LogP contribution in [0.2, 0.25) is 0 Å². The van der Waals surface area contributed by atoms with Crippen LogP contribution in [0.4, 0.5) is 0 Å². The van der Waals surface area contributed by atoms with Crippen molar-refractivity contribution in [3.05, 3.63) is 35.5 Å². The lowest BCUT2D eigenvalue weighted by atomic mass is 10.1. The van der Waals surface area contributed by atoms with Crippen molar-refractivity contribution in [1.82, 2.24) is 15.3 Å². The molecule has 2 aromatic heterocycles. The van der Waals surface area contributed by atoms with E-state index in [1.54, 1.807) is 0 Å². The number of rotatable bonds is 2. The average Bonchev–Trinajstić information content (AvgIpc) is 2.95. The number of fused-ring (bicyclic) bond motifs is 1. The highest BCUT2D eigenvalue weighted by molar-refractivity contribution is 5.94. The van der Waals surface area contributed by atoms with Gasteiger partial charge < -0.3 is 10.1 Å². The number of carboxylic acid groups (broad SMARTS) is 1. The molecule has 1 aromatic carbocycles. The number of para-hydroxylation sites is 1. The van der Waals surface area contributed by atoms with Gasteiger partial charge in [-0.1, -0.05) is 18.2 Å². The first-order chi connectivity index (χ1) is 8.66. The minimum absolute atomic E-state index is 0.195. The molecule has 0 amide bonds. The van der Waals surface area contributed by atoms with Crippen molar-refractivity contribution >= 4 is 16.9 Å². The Kier molecular flexibility index (Phi) is 2.16. The number of hydrogen-bond donors (Lipinski definition) is 2. The van der Waals surface area contributed by atoms with Crippen molar-refractivity contribution in [2.45, 2.75) is 6.92 Å². The number of carbonyl (C=O) groups is 1. The van der Waals surface area contributed by atoms with Gasteiger partial charge in [0.05, 0.1) is 5.69 Å². The van der Waals surface area contributed by atoms with Gasteiger partial charge in [0.15, 0.2) is 5.69 Å². The van der Waals surface area contributed by atoms with Gasteiger partial charge in [-0.3, -0.25) is 0 Å². The highest BCUT2D eigenvalue weighted by atomic mass is 16.6. The Hall–Kier alpha value is -2.63. The van der Waals surface area contributed by atoms with E-state index in [2.05, 4.69) is 19.9 Å². The van der Waals surface area contributed by atoms with E-state index in [9.17, 15) is 4.79 Å². The highest BCUT2D eigenvalue weighted by Gasteiger charge is 2.20. The van der Waals surface area contributed by atoms with Crippen LogP contribution in [0.1, 0.15) is 16.1 Å². The van der Waals surface area contributed by atoms with E-state index in [4.69, 9.17) is 5.11 Å². The molecule has 0 fully saturated rings. The van der Waals surface area contributed by atoms with Crippen molar-refractivity contribution in [2.24, 2.45) is 0 Å². The molecule has 90 valence electrons. The van der Waals surface area contributed by atoms with Gasteiger partial charge in [0, 0.05) is 10.9 Å². The summed E-state index contributed by atoms with van der Waals surface area (Å²) in [5.74, 6) is -1.17. The zero-order valence-corrected chi connectivity index (χ0v) is 9.47. The van der Waals surface area contributed by atoms with E-state index < -0.39 is 5.97 Å². The Balaban J connectivity index is 2.23. The molecule has 18 heavy (non-hydrogen) atoms. The summed E-state index contributed by atoms with van der Waals surface area (Å²) in [4.78, 5) is 14.1. The molecule has 0 bridgehead atoms. The summed E-state index contributed by atoms with van der Waals surface area (Å²) in [6.07, 6.45) is 0. The number of aromatic carboxylic acids is 1. The molecule has 0 unspecified atom stereocenters. The molecular weight excluding hydrogens is 234 g/mol. The Bertz CT molecular complexity index is 742. The van der Waals surface area contributed by atoms with Gasteiger partial charge in [0.1, 0.15) is 0 Å². The van der Waals surface area contributed by atoms with E-state index in [1.807, 2.05) is 31.2 Å². The van der Waals surface area contributed by atoms with Crippen LogP contribution < -0.4 is 0 Å². The largest absolute Gasteiger partial charge is 0.476 e. The predicted octanol–water partition coefficient (Wildman–Crippen LogP) is 2.22. The number of H-pyrrole nitrogens is 1. The fraction of sp³-hybridized carbons (Fsp3) is 0.0833. The monoisotopic (exact) mass is 243 g/mol. The lowest BCUT2D eigenvalue weighted by Crippen LogP contribution is -1.99. The molecule has 3 rings (SSSR count). The third-order valence-electron chi connectivity index (χ3n) is 2.81. The maximum Gasteiger partial charge on any atom is 0.360 e. The van der Waals surface area contributed by atoms with Gasteiger partial charge in [-0.25, -0.2) is 9.42 Å². The zero-order valence-electron chi connectivity index (χ0n) is 9.47. The van der Waals surface area contributed by atoms with Crippen molar-refractivity contribution < 1.29 is 14.5 Å². The van der Waals surface area contributed by atoms with E-state index >= 15 is 0 Å². The zero-order chi connectivity index (χ0) is 12.7. The summed E-state index contributed by atoms with van der Waals surface area (Å²) < 4.78 is 4.49. The van der Waals surface area contributed by atoms with Crippen LogP contribution in [-0.4, -0.2) is 26.4 Å². The first kappa shape index (κ1) is 10.5. The summed E-state index contributed by atoms with van der Waals surface area (Å²) in [6.45, 7) is 1.97. The van der Waals surface area contributed by atoms with Gasteiger partial charge in [0.2, 0.25) is 5.69 Å². The van der Waals surface area contributed by atoms with Crippen LogP contribution >= 0.6 is 0 Å². The second-order valence-electron chi connectivity index (χ2n) is 3.99. The SMILES string of the molecule is Cc1cccc2cc(-c3nonc3C(=O)O)[nH]c12. The number of carboxylic acids is 1. The molecule has 0 atom stereocenters. The quantitative estimate of drug-likeness (QED) is 0.720. The molecule has 2 N–H and O–H groups in total. The number of aromatic nitrogens is 3. The molecule has 0 saturated heterocycles. The fourth-order valence-corrected chi connectivity index (χ4v) is 1.94. The van der Waals surface area contributed by atoms with Crippen LogP contribution in [0.25, 0.3) is 22.3 Å². The Morgan fingerprint density at radius 3 is 2.94 bits per heavy atom. The number of hydrogen-bond acceptors (Lipinski definition) is 4. The summed E-state index contributed by atoms with van der Waals surface area (Å²) in [7, 11) is 0. The van der Waals surface area contributed by atoms with Crippen LogP contribution in [0, 0.1) is 6.92 Å². The minimum Gasteiger partial charge on any atom is -0.476 e. The maximum atomic E-state index is 11.0. The van der Waals surface area contributed by atoms with Crippen molar-refractivity contribution in [1.29, 1.82) is 0 Å². The third-order valence-corrected chi connectivity index (χ3v) is 2.81. The second-order valence-corrected chi connectivity index (χ2v) is 3.99. The molecule has 0 radical (unpaired) electrons. The maximum absolute atomic E-state index is 11.0. The number of nitrogens with one attached hydrogen (secondary N) is 1. The molecule has 0 saturated carbocycles. The fourth-order valence-electron chi connectivity index (χ4n) is 1.94. The molecule has 0 aliphatic carbocycles. The molecule has 0 aliphatic rings. The molecule has 0 spiro atoms. The summed E-state index contributed by atoms with van der Waals surface area (Å²) >= 11 is 0. The normalized spacial score (nSPS) is 10.9. The first-order valence-electron chi connectivity index (χ1n) is 5.31. The molecule has 3 aromatic rings. The van der Waals surface area contributed by atoms with Crippen molar-refractivity contribution in [3.8, 4) is 11.4 Å². The van der Waals surface area contributed by atoms with Crippen LogP contribution in [0.15, 0.2) is 28.9 Å². The minimum atomic E-state index is -1.17. The number of aryl methyl sites for hydroxylation is 1. The van der Waals surface area contributed by atoms with Gasteiger partial charge in [-0.15, -0.1) is 0 Å². The van der Waals surface area contributed by atoms with Crippen molar-refractivity contribution in [3.63, 3.8) is 0 Å². The molecule has 0 aliphatic heterocycles.